The van der Waals surface area contributed by atoms with E-state index < -0.39 is 0 Å². The molecule has 0 spiro atoms. The van der Waals surface area contributed by atoms with E-state index in [0.717, 1.165) is 12.2 Å². The number of hydrogen-bond acceptors (Lipinski definition) is 3. The van der Waals surface area contributed by atoms with E-state index in [2.05, 4.69) is 31.0 Å². The van der Waals surface area contributed by atoms with Crippen molar-refractivity contribution in [3.05, 3.63) is 10.6 Å². The minimum absolute atomic E-state index is 0.0662. The van der Waals surface area contributed by atoms with Crippen molar-refractivity contribution in [2.75, 3.05) is 7.11 Å². The van der Waals surface area contributed by atoms with Crippen molar-refractivity contribution in [2.24, 2.45) is 0 Å². The molecule has 0 amide bonds. The smallest absolute Gasteiger partial charge is 0.195 e. The molecule has 92 valence electrons. The van der Waals surface area contributed by atoms with Crippen LogP contribution in [0.15, 0.2) is 0 Å². The molecule has 1 aromatic heterocycles. The second kappa shape index (κ2) is 4.30. The molecule has 1 N–H and O–H groups in total. The molecule has 0 unspecified atom stereocenters. The first kappa shape index (κ1) is 13.4. The molecule has 0 aromatic carbocycles. The SMILES string of the molecule is COC(C)(C)Cc1n[nH]c(=S)n1C(C)(C)C. The van der Waals surface area contributed by atoms with E-state index in [-0.39, 0.29) is 11.1 Å². The van der Waals surface area contributed by atoms with Gasteiger partial charge in [0.05, 0.1) is 5.60 Å². The van der Waals surface area contributed by atoms with Crippen molar-refractivity contribution < 1.29 is 4.74 Å². The maximum Gasteiger partial charge on any atom is 0.195 e. The Morgan fingerprint density at radius 1 is 1.31 bits per heavy atom. The fourth-order valence-electron chi connectivity index (χ4n) is 1.59. The third kappa shape index (κ3) is 2.92. The molecule has 0 radical (unpaired) electrons. The topological polar surface area (TPSA) is 42.8 Å². The molecule has 5 heteroatoms. The first-order valence-electron chi connectivity index (χ1n) is 5.39. The van der Waals surface area contributed by atoms with E-state index in [4.69, 9.17) is 17.0 Å². The Labute approximate surface area is 102 Å². The van der Waals surface area contributed by atoms with Crippen LogP contribution in [0, 0.1) is 4.77 Å². The van der Waals surface area contributed by atoms with E-state index in [9.17, 15) is 0 Å². The van der Waals surface area contributed by atoms with Crippen LogP contribution in [0.3, 0.4) is 0 Å². The summed E-state index contributed by atoms with van der Waals surface area (Å²) in [4.78, 5) is 0. The van der Waals surface area contributed by atoms with Crippen molar-refractivity contribution in [2.45, 2.75) is 52.2 Å². The number of hydrogen-bond donors (Lipinski definition) is 1. The Hall–Kier alpha value is -0.680. The van der Waals surface area contributed by atoms with E-state index >= 15 is 0 Å². The van der Waals surface area contributed by atoms with Crippen molar-refractivity contribution in [1.29, 1.82) is 0 Å². The molecule has 0 saturated heterocycles. The van der Waals surface area contributed by atoms with Gasteiger partial charge in [-0.25, -0.2) is 0 Å². The van der Waals surface area contributed by atoms with Gasteiger partial charge in [-0.3, -0.25) is 9.67 Å². The summed E-state index contributed by atoms with van der Waals surface area (Å²) < 4.78 is 8.12. The van der Waals surface area contributed by atoms with Gasteiger partial charge < -0.3 is 4.74 Å². The van der Waals surface area contributed by atoms with Crippen LogP contribution in [-0.2, 0) is 16.7 Å². The molecule has 0 bridgehead atoms. The summed E-state index contributed by atoms with van der Waals surface area (Å²) in [7, 11) is 1.71. The minimum Gasteiger partial charge on any atom is -0.378 e. The lowest BCUT2D eigenvalue weighted by Crippen LogP contribution is -2.31. The maximum atomic E-state index is 5.42. The summed E-state index contributed by atoms with van der Waals surface area (Å²) in [6.07, 6.45) is 0.730. The highest BCUT2D eigenvalue weighted by Crippen LogP contribution is 2.21. The summed E-state index contributed by atoms with van der Waals surface area (Å²) in [5.41, 5.74) is -0.298. The Morgan fingerprint density at radius 3 is 2.31 bits per heavy atom. The predicted octanol–water partition coefficient (Wildman–Crippen LogP) is 2.66. The molecular formula is C11H21N3OS. The number of H-pyrrole nitrogens is 1. The van der Waals surface area contributed by atoms with Gasteiger partial charge in [0.2, 0.25) is 0 Å². The average Bonchev–Trinajstić information content (AvgIpc) is 2.45. The summed E-state index contributed by atoms with van der Waals surface area (Å²) in [6, 6.07) is 0. The van der Waals surface area contributed by atoms with Crippen LogP contribution in [0.1, 0.15) is 40.4 Å². The number of methoxy groups -OCH3 is 1. The van der Waals surface area contributed by atoms with E-state index in [1.54, 1.807) is 7.11 Å². The zero-order valence-corrected chi connectivity index (χ0v) is 11.7. The van der Waals surface area contributed by atoms with Gasteiger partial charge in [0.15, 0.2) is 4.77 Å². The van der Waals surface area contributed by atoms with Crippen LogP contribution in [0.2, 0.25) is 0 Å². The maximum absolute atomic E-state index is 5.42. The van der Waals surface area contributed by atoms with Gasteiger partial charge in [0, 0.05) is 19.1 Å². The molecule has 0 fully saturated rings. The van der Waals surface area contributed by atoms with Gasteiger partial charge in [-0.05, 0) is 46.8 Å². The van der Waals surface area contributed by atoms with E-state index in [0.29, 0.717) is 4.77 Å². The number of aromatic nitrogens is 3. The number of nitrogens with zero attached hydrogens (tertiary/aromatic N) is 2. The molecule has 1 heterocycles. The fraction of sp³-hybridized carbons (Fsp3) is 0.818. The van der Waals surface area contributed by atoms with Crippen LogP contribution in [0.25, 0.3) is 0 Å². The number of rotatable bonds is 3. The van der Waals surface area contributed by atoms with Crippen molar-refractivity contribution >= 4 is 12.2 Å². The average molecular weight is 243 g/mol. The molecule has 0 aliphatic heterocycles. The molecule has 16 heavy (non-hydrogen) atoms. The largest absolute Gasteiger partial charge is 0.378 e. The first-order chi connectivity index (χ1) is 7.17. The van der Waals surface area contributed by atoms with E-state index in [1.165, 1.54) is 0 Å². The Bertz CT molecular complexity index is 412. The molecule has 0 atom stereocenters. The lowest BCUT2D eigenvalue weighted by atomic mass is 10.0. The number of ether oxygens (including phenoxy) is 1. The van der Waals surface area contributed by atoms with Crippen molar-refractivity contribution in [3.63, 3.8) is 0 Å². The standard InChI is InChI=1S/C11H21N3OS/c1-10(2,3)14-8(12-13-9(14)16)7-11(4,5)15-6/h7H2,1-6H3,(H,13,16). The monoisotopic (exact) mass is 243 g/mol. The second-order valence-electron chi connectivity index (χ2n) is 5.59. The number of aromatic amines is 1. The zero-order valence-electron chi connectivity index (χ0n) is 10.9. The molecule has 4 nitrogen and oxygen atoms in total. The molecule has 1 rings (SSSR count). The molecular weight excluding hydrogens is 222 g/mol. The highest BCUT2D eigenvalue weighted by molar-refractivity contribution is 7.71. The van der Waals surface area contributed by atoms with Gasteiger partial charge in [-0.1, -0.05) is 0 Å². The zero-order chi connectivity index (χ0) is 12.6. The lowest BCUT2D eigenvalue weighted by molar-refractivity contribution is 0.0202. The fourth-order valence-corrected chi connectivity index (χ4v) is 2.02. The summed E-state index contributed by atoms with van der Waals surface area (Å²) in [6.45, 7) is 10.4. The van der Waals surface area contributed by atoms with Gasteiger partial charge in [-0.2, -0.15) is 5.10 Å². The minimum atomic E-state index is -0.232. The molecule has 0 saturated carbocycles. The molecule has 0 aliphatic rings. The van der Waals surface area contributed by atoms with Crippen LogP contribution in [-0.4, -0.2) is 27.5 Å². The van der Waals surface area contributed by atoms with Gasteiger partial charge in [0.1, 0.15) is 5.82 Å². The third-order valence-electron chi connectivity index (χ3n) is 2.55. The number of nitrogens with one attached hydrogen (secondary N) is 1. The summed E-state index contributed by atoms with van der Waals surface area (Å²) >= 11 is 5.25. The third-order valence-corrected chi connectivity index (χ3v) is 2.82. The van der Waals surface area contributed by atoms with Crippen LogP contribution >= 0.6 is 12.2 Å². The van der Waals surface area contributed by atoms with Crippen LogP contribution in [0.4, 0.5) is 0 Å². The summed E-state index contributed by atoms with van der Waals surface area (Å²) in [5.74, 6) is 0.935. The van der Waals surface area contributed by atoms with Crippen molar-refractivity contribution in [1.82, 2.24) is 14.8 Å². The van der Waals surface area contributed by atoms with E-state index in [1.807, 2.05) is 18.4 Å². The van der Waals surface area contributed by atoms with Crippen molar-refractivity contribution in [3.8, 4) is 0 Å². The van der Waals surface area contributed by atoms with Gasteiger partial charge in [0.25, 0.3) is 0 Å². The molecule has 0 aliphatic carbocycles. The Balaban J connectivity index is 3.13. The van der Waals surface area contributed by atoms with Crippen LogP contribution < -0.4 is 0 Å². The highest BCUT2D eigenvalue weighted by Gasteiger charge is 2.25. The second-order valence-corrected chi connectivity index (χ2v) is 5.98. The van der Waals surface area contributed by atoms with Gasteiger partial charge >= 0.3 is 0 Å². The van der Waals surface area contributed by atoms with Gasteiger partial charge in [-0.15, -0.1) is 0 Å². The lowest BCUT2D eigenvalue weighted by Gasteiger charge is -2.27. The Kier molecular flexibility index (Phi) is 3.59. The summed E-state index contributed by atoms with van der Waals surface area (Å²) in [5, 5.41) is 7.13. The normalized spacial score (nSPS) is 13.1. The van der Waals surface area contributed by atoms with Crippen LogP contribution in [0.5, 0.6) is 0 Å². The predicted molar refractivity (Wildman–Crippen MR) is 67.2 cm³/mol. The quantitative estimate of drug-likeness (QED) is 0.830. The Morgan fingerprint density at radius 2 is 1.88 bits per heavy atom. The molecule has 1 aromatic rings. The first-order valence-corrected chi connectivity index (χ1v) is 5.80. The highest BCUT2D eigenvalue weighted by atomic mass is 32.1.